The summed E-state index contributed by atoms with van der Waals surface area (Å²) in [4.78, 5) is 12.6. The van der Waals surface area contributed by atoms with Gasteiger partial charge >= 0.3 is 5.97 Å². The van der Waals surface area contributed by atoms with E-state index in [1.807, 2.05) is 12.1 Å². The second kappa shape index (κ2) is 8.62. The van der Waals surface area contributed by atoms with Gasteiger partial charge in [0.2, 0.25) is 0 Å². The highest BCUT2D eigenvalue weighted by Gasteiger charge is 2.54. The highest BCUT2D eigenvalue weighted by molar-refractivity contribution is 5.75. The van der Waals surface area contributed by atoms with Crippen molar-refractivity contribution in [2.75, 3.05) is 27.3 Å². The molecule has 30 heavy (non-hydrogen) atoms. The molecule has 5 atom stereocenters. The van der Waals surface area contributed by atoms with Gasteiger partial charge < -0.3 is 19.5 Å². The van der Waals surface area contributed by atoms with Gasteiger partial charge in [-0.05, 0) is 74.1 Å². The molecule has 1 heterocycles. The lowest BCUT2D eigenvalue weighted by Crippen LogP contribution is -2.45. The van der Waals surface area contributed by atoms with Crippen LogP contribution in [0.15, 0.2) is 30.4 Å². The first-order chi connectivity index (χ1) is 14.4. The van der Waals surface area contributed by atoms with Gasteiger partial charge in [0, 0.05) is 12.5 Å². The van der Waals surface area contributed by atoms with Crippen LogP contribution >= 0.6 is 0 Å². The molecule has 2 aliphatic carbocycles. The van der Waals surface area contributed by atoms with E-state index in [0.717, 1.165) is 43.7 Å². The number of esters is 1. The van der Waals surface area contributed by atoms with Crippen molar-refractivity contribution >= 4 is 5.97 Å². The molecule has 0 amide bonds. The minimum Gasteiger partial charge on any atom is -0.493 e. The normalized spacial score (nSPS) is 32.9. The van der Waals surface area contributed by atoms with Crippen molar-refractivity contribution in [2.45, 2.75) is 51.6 Å². The van der Waals surface area contributed by atoms with E-state index in [9.17, 15) is 4.79 Å². The van der Waals surface area contributed by atoms with Crippen molar-refractivity contribution in [1.82, 2.24) is 5.32 Å². The Hall–Kier alpha value is -2.01. The monoisotopic (exact) mass is 413 g/mol. The predicted molar refractivity (Wildman–Crippen MR) is 117 cm³/mol. The summed E-state index contributed by atoms with van der Waals surface area (Å²) >= 11 is 0. The maximum absolute atomic E-state index is 12.6. The Balaban J connectivity index is 1.33. The van der Waals surface area contributed by atoms with Crippen molar-refractivity contribution < 1.29 is 19.0 Å². The van der Waals surface area contributed by atoms with Crippen LogP contribution in [0.2, 0.25) is 0 Å². The first-order valence-electron chi connectivity index (χ1n) is 11.2. The van der Waals surface area contributed by atoms with Crippen LogP contribution in [0.5, 0.6) is 11.5 Å². The number of hydrogen-bond acceptors (Lipinski definition) is 5. The largest absolute Gasteiger partial charge is 0.493 e. The van der Waals surface area contributed by atoms with Crippen LogP contribution in [0.3, 0.4) is 0 Å². The van der Waals surface area contributed by atoms with Crippen LogP contribution in [-0.2, 0) is 16.0 Å². The molecular weight excluding hydrogens is 378 g/mol. The average Bonchev–Trinajstić information content (AvgIpc) is 3.03. The summed E-state index contributed by atoms with van der Waals surface area (Å²) in [6.07, 6.45) is 6.59. The number of fused-ring (bicyclic) bond motifs is 2. The zero-order chi connectivity index (χ0) is 21.3. The summed E-state index contributed by atoms with van der Waals surface area (Å²) in [5.74, 6) is 2.28. The number of ether oxygens (including phenoxy) is 3. The first-order valence-corrected chi connectivity index (χ1v) is 11.2. The van der Waals surface area contributed by atoms with Crippen LogP contribution in [0.25, 0.3) is 0 Å². The second-order valence-corrected chi connectivity index (χ2v) is 9.55. The molecule has 0 aromatic heterocycles. The number of carbonyl (C=O) groups excluding carboxylic acids is 1. The highest BCUT2D eigenvalue weighted by atomic mass is 16.6. The molecule has 1 aliphatic heterocycles. The summed E-state index contributed by atoms with van der Waals surface area (Å²) < 4.78 is 16.5. The molecule has 3 fully saturated rings. The van der Waals surface area contributed by atoms with Gasteiger partial charge in [0.15, 0.2) is 11.5 Å². The van der Waals surface area contributed by atoms with Crippen LogP contribution < -0.4 is 14.8 Å². The van der Waals surface area contributed by atoms with E-state index >= 15 is 0 Å². The van der Waals surface area contributed by atoms with Crippen LogP contribution in [0.1, 0.15) is 44.6 Å². The second-order valence-electron chi connectivity index (χ2n) is 9.55. The number of carbonyl (C=O) groups is 1. The molecule has 1 aromatic rings. The summed E-state index contributed by atoms with van der Waals surface area (Å²) in [6.45, 7) is 8.25. The van der Waals surface area contributed by atoms with Crippen LogP contribution in [0.4, 0.5) is 0 Å². The van der Waals surface area contributed by atoms with Gasteiger partial charge in [-0.2, -0.15) is 0 Å². The molecule has 0 radical (unpaired) electrons. The SMILES string of the molecule is C=C1CCC[C@]2(C)C[C@H]3OC(=O)[C@@H](CNCCc4ccc(OC)c(OC)c4)[C@H]3C[C@@H]12. The lowest BCUT2D eigenvalue weighted by Gasteiger charge is -2.50. The number of benzene rings is 1. The fraction of sp³-hybridized carbons (Fsp3) is 0.640. The van der Waals surface area contributed by atoms with E-state index in [1.54, 1.807) is 14.2 Å². The van der Waals surface area contributed by atoms with E-state index in [0.29, 0.717) is 18.4 Å². The Kier molecular flexibility index (Phi) is 6.10. The number of rotatable bonds is 7. The van der Waals surface area contributed by atoms with Crippen molar-refractivity contribution in [2.24, 2.45) is 23.2 Å². The molecule has 164 valence electrons. The third kappa shape index (κ3) is 3.96. The van der Waals surface area contributed by atoms with Crippen molar-refractivity contribution in [3.8, 4) is 11.5 Å². The molecule has 1 N–H and O–H groups in total. The third-order valence-electron chi connectivity index (χ3n) is 7.72. The van der Waals surface area contributed by atoms with Crippen molar-refractivity contribution in [3.05, 3.63) is 35.9 Å². The zero-order valence-corrected chi connectivity index (χ0v) is 18.5. The summed E-state index contributed by atoms with van der Waals surface area (Å²) in [5.41, 5.74) is 2.83. The van der Waals surface area contributed by atoms with Crippen molar-refractivity contribution in [3.63, 3.8) is 0 Å². The fourth-order valence-electron chi connectivity index (χ4n) is 6.02. The van der Waals surface area contributed by atoms with Gasteiger partial charge in [-0.25, -0.2) is 0 Å². The van der Waals surface area contributed by atoms with Gasteiger partial charge in [-0.1, -0.05) is 25.1 Å². The number of nitrogens with one attached hydrogen (secondary N) is 1. The molecule has 3 aliphatic rings. The molecule has 5 heteroatoms. The van der Waals surface area contributed by atoms with E-state index in [1.165, 1.54) is 24.0 Å². The molecule has 0 unspecified atom stereocenters. The smallest absolute Gasteiger partial charge is 0.310 e. The summed E-state index contributed by atoms with van der Waals surface area (Å²) in [6, 6.07) is 6.00. The number of allylic oxidation sites excluding steroid dienone is 1. The minimum absolute atomic E-state index is 0.0172. The first kappa shape index (κ1) is 21.2. The average molecular weight is 414 g/mol. The predicted octanol–water partition coefficient (Wildman–Crippen LogP) is 4.15. The van der Waals surface area contributed by atoms with Gasteiger partial charge in [0.25, 0.3) is 0 Å². The molecule has 0 bridgehead atoms. The van der Waals surface area contributed by atoms with Gasteiger partial charge in [0.05, 0.1) is 20.1 Å². The number of methoxy groups -OCH3 is 2. The van der Waals surface area contributed by atoms with Crippen LogP contribution in [0, 0.1) is 23.2 Å². The Morgan fingerprint density at radius 2 is 2.07 bits per heavy atom. The Morgan fingerprint density at radius 3 is 2.83 bits per heavy atom. The molecule has 5 nitrogen and oxygen atoms in total. The lowest BCUT2D eigenvalue weighted by atomic mass is 9.55. The topological polar surface area (TPSA) is 56.8 Å². The molecule has 1 aromatic carbocycles. The van der Waals surface area contributed by atoms with E-state index in [2.05, 4.69) is 24.9 Å². The van der Waals surface area contributed by atoms with Gasteiger partial charge in [-0.15, -0.1) is 0 Å². The van der Waals surface area contributed by atoms with E-state index in [-0.39, 0.29) is 23.4 Å². The van der Waals surface area contributed by atoms with Crippen LogP contribution in [-0.4, -0.2) is 39.4 Å². The highest BCUT2D eigenvalue weighted by Crippen LogP contribution is 2.56. The molecule has 1 saturated heterocycles. The molecule has 4 rings (SSSR count). The Morgan fingerprint density at radius 1 is 1.27 bits per heavy atom. The quantitative estimate of drug-likeness (QED) is 0.413. The summed E-state index contributed by atoms with van der Waals surface area (Å²) in [5, 5.41) is 3.50. The number of hydrogen-bond donors (Lipinski definition) is 1. The maximum Gasteiger partial charge on any atom is 0.310 e. The minimum atomic E-state index is -0.0420. The van der Waals surface area contributed by atoms with E-state index < -0.39 is 0 Å². The van der Waals surface area contributed by atoms with Gasteiger partial charge in [-0.3, -0.25) is 4.79 Å². The summed E-state index contributed by atoms with van der Waals surface area (Å²) in [7, 11) is 3.29. The molecule has 0 spiro atoms. The fourth-order valence-corrected chi connectivity index (χ4v) is 6.02. The zero-order valence-electron chi connectivity index (χ0n) is 18.5. The standard InChI is InChI=1S/C25H35NO4/c1-16-6-5-10-25(2)14-23-18(13-20(16)25)19(24(27)30-23)15-26-11-9-17-7-8-21(28-3)22(12-17)29-4/h7-8,12,18-20,23,26H,1,5-6,9-11,13-15H2,2-4H3/t18-,19+,20+,23-,25-/m1/s1. The lowest BCUT2D eigenvalue weighted by molar-refractivity contribution is -0.146. The van der Waals surface area contributed by atoms with Gasteiger partial charge in [0.1, 0.15) is 6.10 Å². The van der Waals surface area contributed by atoms with E-state index in [4.69, 9.17) is 14.2 Å². The Labute approximate surface area is 180 Å². The molecular formula is C25H35NO4. The Bertz CT molecular complexity index is 806. The molecule has 2 saturated carbocycles. The third-order valence-corrected chi connectivity index (χ3v) is 7.72. The van der Waals surface area contributed by atoms with Crippen molar-refractivity contribution in [1.29, 1.82) is 0 Å². The maximum atomic E-state index is 12.6.